The first-order chi connectivity index (χ1) is 16.1. The van der Waals surface area contributed by atoms with Crippen LogP contribution in [-0.2, 0) is 12.3 Å². The fraction of sp³-hybridized carbons (Fsp3) is 0.115. The van der Waals surface area contributed by atoms with Gasteiger partial charge in [-0.15, -0.1) is 10.2 Å². The molecule has 0 bridgehead atoms. The van der Waals surface area contributed by atoms with E-state index in [9.17, 15) is 9.18 Å². The molecule has 0 saturated carbocycles. The topological polar surface area (TPSA) is 60.9 Å². The second kappa shape index (κ2) is 9.03. The molecule has 0 aliphatic rings. The van der Waals surface area contributed by atoms with Gasteiger partial charge >= 0.3 is 5.63 Å². The van der Waals surface area contributed by atoms with E-state index >= 15 is 0 Å². The average Bonchev–Trinajstić information content (AvgIpc) is 3.20. The lowest BCUT2D eigenvalue weighted by Crippen LogP contribution is -2.05. The van der Waals surface area contributed by atoms with Gasteiger partial charge in [0.25, 0.3) is 0 Å². The molecule has 0 amide bonds. The summed E-state index contributed by atoms with van der Waals surface area (Å²) < 4.78 is 21.9. The van der Waals surface area contributed by atoms with Gasteiger partial charge in [0.15, 0.2) is 11.0 Å². The molecule has 7 heteroatoms. The molecule has 5 nitrogen and oxygen atoms in total. The van der Waals surface area contributed by atoms with E-state index < -0.39 is 0 Å². The molecule has 3 aromatic carbocycles. The van der Waals surface area contributed by atoms with E-state index in [0.717, 1.165) is 22.1 Å². The zero-order valence-electron chi connectivity index (χ0n) is 17.9. The molecule has 0 aliphatic heterocycles. The number of rotatable bonds is 6. The Balaban J connectivity index is 1.53. The fourth-order valence-corrected chi connectivity index (χ4v) is 4.67. The third-order valence-corrected chi connectivity index (χ3v) is 6.37. The predicted molar refractivity (Wildman–Crippen MR) is 128 cm³/mol. The van der Waals surface area contributed by atoms with E-state index in [1.165, 1.54) is 23.9 Å². The van der Waals surface area contributed by atoms with Crippen LogP contribution in [-0.4, -0.2) is 14.8 Å². The number of benzene rings is 3. The Morgan fingerprint density at radius 1 is 0.970 bits per heavy atom. The van der Waals surface area contributed by atoms with Gasteiger partial charge in [-0.3, -0.25) is 4.57 Å². The van der Waals surface area contributed by atoms with Crippen molar-refractivity contribution in [2.45, 2.75) is 24.4 Å². The summed E-state index contributed by atoms with van der Waals surface area (Å²) in [6, 6.07) is 23.8. The summed E-state index contributed by atoms with van der Waals surface area (Å²) in [7, 11) is 0. The standard InChI is InChI=1S/C26H20FN3O2S/c1-17-11-12-20-19(14-24(31)32-23(20)13-17)16-33-26-29-28-25(21-9-5-6-10-22(21)27)30(26)15-18-7-3-2-4-8-18/h2-14H,15-16H2,1H3. The molecule has 164 valence electrons. The molecule has 0 radical (unpaired) electrons. The highest BCUT2D eigenvalue weighted by Crippen LogP contribution is 2.30. The number of hydrogen-bond acceptors (Lipinski definition) is 5. The fourth-order valence-electron chi connectivity index (χ4n) is 3.74. The molecule has 0 spiro atoms. The minimum absolute atomic E-state index is 0.349. The van der Waals surface area contributed by atoms with Gasteiger partial charge < -0.3 is 4.42 Å². The predicted octanol–water partition coefficient (Wildman–Crippen LogP) is 5.84. The zero-order chi connectivity index (χ0) is 22.8. The minimum Gasteiger partial charge on any atom is -0.423 e. The van der Waals surface area contributed by atoms with Gasteiger partial charge in [0.2, 0.25) is 0 Å². The van der Waals surface area contributed by atoms with Crippen LogP contribution in [0.1, 0.15) is 16.7 Å². The molecule has 2 aromatic heterocycles. The summed E-state index contributed by atoms with van der Waals surface area (Å²) in [5, 5.41) is 10.2. The Hall–Kier alpha value is -3.71. The third-order valence-electron chi connectivity index (χ3n) is 5.36. The third kappa shape index (κ3) is 4.45. The quantitative estimate of drug-likeness (QED) is 0.237. The van der Waals surface area contributed by atoms with E-state index in [4.69, 9.17) is 4.42 Å². The van der Waals surface area contributed by atoms with Crippen LogP contribution in [0.15, 0.2) is 93.2 Å². The van der Waals surface area contributed by atoms with Gasteiger partial charge in [-0.25, -0.2) is 9.18 Å². The molecule has 0 atom stereocenters. The van der Waals surface area contributed by atoms with Crippen molar-refractivity contribution in [2.24, 2.45) is 0 Å². The van der Waals surface area contributed by atoms with Crippen molar-refractivity contribution in [2.75, 3.05) is 0 Å². The highest BCUT2D eigenvalue weighted by Gasteiger charge is 2.18. The maximum absolute atomic E-state index is 14.6. The largest absolute Gasteiger partial charge is 0.423 e. The Morgan fingerprint density at radius 3 is 2.58 bits per heavy atom. The van der Waals surface area contributed by atoms with Gasteiger partial charge in [-0.2, -0.15) is 0 Å². The summed E-state index contributed by atoms with van der Waals surface area (Å²) in [4.78, 5) is 12.1. The summed E-state index contributed by atoms with van der Waals surface area (Å²) >= 11 is 1.45. The molecule has 0 fully saturated rings. The minimum atomic E-state index is -0.388. The molecule has 0 aliphatic carbocycles. The monoisotopic (exact) mass is 457 g/mol. The lowest BCUT2D eigenvalue weighted by molar-refractivity contribution is 0.559. The highest BCUT2D eigenvalue weighted by atomic mass is 32.2. The summed E-state index contributed by atoms with van der Waals surface area (Å²) in [6.07, 6.45) is 0. The molecule has 2 heterocycles. The average molecular weight is 458 g/mol. The van der Waals surface area contributed by atoms with E-state index in [-0.39, 0.29) is 11.4 Å². The smallest absolute Gasteiger partial charge is 0.336 e. The molecule has 5 rings (SSSR count). The lowest BCUT2D eigenvalue weighted by atomic mass is 10.1. The van der Waals surface area contributed by atoms with Crippen LogP contribution in [0, 0.1) is 12.7 Å². The SMILES string of the molecule is Cc1ccc2c(CSc3nnc(-c4ccccc4F)n3Cc3ccccc3)cc(=O)oc2c1. The maximum Gasteiger partial charge on any atom is 0.336 e. The summed E-state index contributed by atoms with van der Waals surface area (Å²) in [5.74, 6) is 0.611. The maximum atomic E-state index is 14.6. The molecule has 33 heavy (non-hydrogen) atoms. The molecular weight excluding hydrogens is 437 g/mol. The Morgan fingerprint density at radius 2 is 1.76 bits per heavy atom. The first kappa shape index (κ1) is 21.2. The van der Waals surface area contributed by atoms with Crippen molar-refractivity contribution < 1.29 is 8.81 Å². The molecule has 0 saturated heterocycles. The zero-order valence-corrected chi connectivity index (χ0v) is 18.7. The van der Waals surface area contributed by atoms with Crippen molar-refractivity contribution >= 4 is 22.7 Å². The second-order valence-electron chi connectivity index (χ2n) is 7.74. The van der Waals surface area contributed by atoms with Gasteiger partial charge in [0, 0.05) is 17.2 Å². The van der Waals surface area contributed by atoms with E-state index in [0.29, 0.717) is 34.4 Å². The van der Waals surface area contributed by atoms with Gasteiger partial charge in [0.05, 0.1) is 12.1 Å². The first-order valence-electron chi connectivity index (χ1n) is 10.5. The van der Waals surface area contributed by atoms with E-state index in [2.05, 4.69) is 10.2 Å². The molecular formula is C26H20FN3O2S. The summed E-state index contributed by atoms with van der Waals surface area (Å²) in [5.41, 5.74) is 3.50. The van der Waals surface area contributed by atoms with Gasteiger partial charge in [-0.1, -0.05) is 66.4 Å². The number of nitrogens with zero attached hydrogens (tertiary/aromatic N) is 3. The molecule has 0 N–H and O–H groups in total. The van der Waals surface area contributed by atoms with Crippen LogP contribution in [0.2, 0.25) is 0 Å². The van der Waals surface area contributed by atoms with Crippen molar-refractivity contribution in [3.63, 3.8) is 0 Å². The first-order valence-corrected chi connectivity index (χ1v) is 11.5. The highest BCUT2D eigenvalue weighted by molar-refractivity contribution is 7.98. The van der Waals surface area contributed by atoms with E-state index in [1.807, 2.05) is 60.0 Å². The Bertz CT molecular complexity index is 1490. The van der Waals surface area contributed by atoms with Crippen molar-refractivity contribution in [1.29, 1.82) is 0 Å². The van der Waals surface area contributed by atoms with E-state index in [1.54, 1.807) is 18.2 Å². The van der Waals surface area contributed by atoms with Gasteiger partial charge in [0.1, 0.15) is 11.4 Å². The number of thioether (sulfide) groups is 1. The van der Waals surface area contributed by atoms with Crippen LogP contribution >= 0.6 is 11.8 Å². The van der Waals surface area contributed by atoms with Crippen LogP contribution in [0.3, 0.4) is 0 Å². The van der Waals surface area contributed by atoms with Crippen LogP contribution in [0.25, 0.3) is 22.4 Å². The molecule has 0 unspecified atom stereocenters. The number of aromatic nitrogens is 3. The lowest BCUT2D eigenvalue weighted by Gasteiger charge is -2.11. The van der Waals surface area contributed by atoms with Gasteiger partial charge in [-0.05, 0) is 41.8 Å². The Kier molecular flexibility index (Phi) is 5.79. The number of hydrogen-bond donors (Lipinski definition) is 0. The van der Waals surface area contributed by atoms with Crippen LogP contribution in [0.4, 0.5) is 4.39 Å². The van der Waals surface area contributed by atoms with Crippen molar-refractivity contribution in [1.82, 2.24) is 14.8 Å². The molecule has 5 aromatic rings. The Labute approximate surface area is 193 Å². The summed E-state index contributed by atoms with van der Waals surface area (Å²) in [6.45, 7) is 2.45. The second-order valence-corrected chi connectivity index (χ2v) is 8.68. The normalized spacial score (nSPS) is 11.2. The van der Waals surface area contributed by atoms with Crippen molar-refractivity contribution in [3.8, 4) is 11.4 Å². The number of aryl methyl sites for hydroxylation is 1. The number of halogens is 1. The van der Waals surface area contributed by atoms with Crippen molar-refractivity contribution in [3.05, 3.63) is 112 Å². The number of fused-ring (bicyclic) bond motifs is 1. The van der Waals surface area contributed by atoms with Crippen LogP contribution < -0.4 is 5.63 Å². The van der Waals surface area contributed by atoms with Crippen LogP contribution in [0.5, 0.6) is 0 Å².